The summed E-state index contributed by atoms with van der Waals surface area (Å²) in [5.74, 6) is -0.115. The number of ether oxygens (including phenoxy) is 1. The van der Waals surface area contributed by atoms with Crippen molar-refractivity contribution in [2.24, 2.45) is 0 Å². The van der Waals surface area contributed by atoms with Gasteiger partial charge in [-0.2, -0.15) is 0 Å². The van der Waals surface area contributed by atoms with Gasteiger partial charge in [0, 0.05) is 22.6 Å². The highest BCUT2D eigenvalue weighted by Gasteiger charge is 2.21. The second-order valence-corrected chi connectivity index (χ2v) is 6.50. The first kappa shape index (κ1) is 16.8. The van der Waals surface area contributed by atoms with Crippen molar-refractivity contribution in [2.75, 3.05) is 0 Å². The number of hydrogen-bond acceptors (Lipinski definition) is 8. The van der Waals surface area contributed by atoms with Gasteiger partial charge in [-0.05, 0) is 38.1 Å². The Bertz CT molecular complexity index is 916. The van der Waals surface area contributed by atoms with E-state index in [1.165, 1.54) is 35.6 Å². The van der Waals surface area contributed by atoms with Crippen molar-refractivity contribution >= 4 is 23.0 Å². The molecule has 0 aliphatic heterocycles. The normalized spacial score (nSPS) is 11.9. The van der Waals surface area contributed by atoms with Crippen molar-refractivity contribution in [3.05, 3.63) is 62.2 Å². The average molecular weight is 359 g/mol. The maximum Gasteiger partial charge on any atom is 0.349 e. The second kappa shape index (κ2) is 6.81. The lowest BCUT2D eigenvalue weighted by Gasteiger charge is -2.07. The average Bonchev–Trinajstić information content (AvgIpc) is 3.24. The van der Waals surface area contributed by atoms with Gasteiger partial charge in [-0.25, -0.2) is 4.79 Å². The van der Waals surface area contributed by atoms with E-state index in [1.54, 1.807) is 13.0 Å². The van der Waals surface area contributed by atoms with Crippen LogP contribution in [0, 0.1) is 17.0 Å². The van der Waals surface area contributed by atoms with Crippen molar-refractivity contribution in [3.63, 3.8) is 0 Å². The summed E-state index contributed by atoms with van der Waals surface area (Å²) in [7, 11) is 0. The molecule has 1 unspecified atom stereocenters. The van der Waals surface area contributed by atoms with E-state index in [4.69, 9.17) is 9.15 Å². The van der Waals surface area contributed by atoms with E-state index < -0.39 is 17.0 Å². The lowest BCUT2D eigenvalue weighted by molar-refractivity contribution is -0.384. The zero-order valence-electron chi connectivity index (χ0n) is 13.3. The Morgan fingerprint density at radius 3 is 2.56 bits per heavy atom. The van der Waals surface area contributed by atoms with E-state index in [-0.39, 0.29) is 17.5 Å². The number of esters is 1. The molecular formula is C16H13N3O5S. The molecule has 2 heterocycles. The van der Waals surface area contributed by atoms with E-state index in [0.717, 1.165) is 4.88 Å². The number of aryl methyl sites for hydroxylation is 1. The Labute approximate surface area is 146 Å². The Hall–Kier alpha value is -3.07. The highest BCUT2D eigenvalue weighted by atomic mass is 32.1. The minimum atomic E-state index is -0.714. The summed E-state index contributed by atoms with van der Waals surface area (Å²) in [5, 5.41) is 18.4. The third kappa shape index (κ3) is 3.72. The Morgan fingerprint density at radius 1 is 1.24 bits per heavy atom. The lowest BCUT2D eigenvalue weighted by atomic mass is 10.2. The van der Waals surface area contributed by atoms with Gasteiger partial charge in [-0.15, -0.1) is 21.5 Å². The van der Waals surface area contributed by atoms with Crippen LogP contribution >= 0.6 is 11.3 Å². The molecule has 3 rings (SSSR count). The quantitative estimate of drug-likeness (QED) is 0.386. The summed E-state index contributed by atoms with van der Waals surface area (Å²) in [5.41, 5.74) is 0.508. The van der Waals surface area contributed by atoms with E-state index >= 15 is 0 Å². The minimum Gasteiger partial charge on any atom is -0.448 e. The third-order valence-corrected chi connectivity index (χ3v) is 4.32. The second-order valence-electron chi connectivity index (χ2n) is 5.21. The summed E-state index contributed by atoms with van der Waals surface area (Å²) in [6, 6.07) is 9.27. The topological polar surface area (TPSA) is 108 Å². The summed E-state index contributed by atoms with van der Waals surface area (Å²) in [6.45, 7) is 3.53. The number of aromatic nitrogens is 2. The molecule has 0 N–H and O–H groups in total. The number of nitrogens with zero attached hydrogens (tertiary/aromatic N) is 3. The van der Waals surface area contributed by atoms with Crippen LogP contribution in [0.4, 0.5) is 5.69 Å². The number of benzene rings is 1. The molecule has 1 atom stereocenters. The predicted molar refractivity (Wildman–Crippen MR) is 89.3 cm³/mol. The van der Waals surface area contributed by atoms with Crippen molar-refractivity contribution in [1.82, 2.24) is 10.2 Å². The molecule has 25 heavy (non-hydrogen) atoms. The summed E-state index contributed by atoms with van der Waals surface area (Å²) in [6.07, 6.45) is -0.714. The molecule has 2 aromatic heterocycles. The highest BCUT2D eigenvalue weighted by molar-refractivity contribution is 7.13. The van der Waals surface area contributed by atoms with Crippen LogP contribution in [-0.2, 0) is 4.74 Å². The van der Waals surface area contributed by atoms with Crippen LogP contribution < -0.4 is 0 Å². The fraction of sp³-hybridized carbons (Fsp3) is 0.188. The molecule has 0 aliphatic carbocycles. The number of rotatable bonds is 5. The number of nitro groups is 1. The largest absolute Gasteiger partial charge is 0.448 e. The molecule has 3 aromatic rings. The van der Waals surface area contributed by atoms with Crippen LogP contribution in [0.15, 0.2) is 40.8 Å². The number of thiophene rings is 1. The van der Waals surface area contributed by atoms with Crippen LogP contribution in [0.5, 0.6) is 0 Å². The molecule has 0 bridgehead atoms. The standard InChI is InChI=1S/C16H13N3O5S/c1-9-3-8-13(25-9)16(20)23-10(2)14-17-18-15(24-14)11-4-6-12(7-5-11)19(21)22/h3-8,10H,1-2H3. The molecule has 0 saturated carbocycles. The monoisotopic (exact) mass is 359 g/mol. The van der Waals surface area contributed by atoms with Gasteiger partial charge < -0.3 is 9.15 Å². The van der Waals surface area contributed by atoms with Crippen LogP contribution in [0.1, 0.15) is 33.5 Å². The summed E-state index contributed by atoms with van der Waals surface area (Å²) < 4.78 is 10.8. The molecule has 128 valence electrons. The zero-order chi connectivity index (χ0) is 18.0. The molecular weight excluding hydrogens is 346 g/mol. The van der Waals surface area contributed by atoms with Gasteiger partial charge >= 0.3 is 5.97 Å². The molecule has 0 spiro atoms. The molecule has 0 radical (unpaired) electrons. The molecule has 0 fully saturated rings. The van der Waals surface area contributed by atoms with Gasteiger partial charge in [0.15, 0.2) is 6.10 Å². The highest BCUT2D eigenvalue weighted by Crippen LogP contribution is 2.25. The first-order valence-corrected chi connectivity index (χ1v) is 8.11. The number of nitro benzene ring substituents is 1. The van der Waals surface area contributed by atoms with Crippen molar-refractivity contribution in [2.45, 2.75) is 20.0 Å². The van der Waals surface area contributed by atoms with E-state index in [9.17, 15) is 14.9 Å². The summed E-state index contributed by atoms with van der Waals surface area (Å²) in [4.78, 5) is 23.7. The molecule has 9 heteroatoms. The van der Waals surface area contributed by atoms with Crippen LogP contribution in [-0.4, -0.2) is 21.1 Å². The van der Waals surface area contributed by atoms with Gasteiger partial charge in [-0.1, -0.05) is 0 Å². The molecule has 1 aromatic carbocycles. The third-order valence-electron chi connectivity index (χ3n) is 3.34. The smallest absolute Gasteiger partial charge is 0.349 e. The minimum absolute atomic E-state index is 0.0305. The molecule has 0 saturated heterocycles. The fourth-order valence-corrected chi connectivity index (χ4v) is 2.81. The van der Waals surface area contributed by atoms with Crippen LogP contribution in [0.3, 0.4) is 0 Å². The molecule has 0 amide bonds. The number of hydrogen-bond donors (Lipinski definition) is 0. The number of carbonyl (C=O) groups excluding carboxylic acids is 1. The Morgan fingerprint density at radius 2 is 1.96 bits per heavy atom. The van der Waals surface area contributed by atoms with Crippen molar-refractivity contribution in [3.8, 4) is 11.5 Å². The molecule has 8 nitrogen and oxygen atoms in total. The van der Waals surface area contributed by atoms with Gasteiger partial charge in [0.2, 0.25) is 5.89 Å². The first-order chi connectivity index (χ1) is 11.9. The Kier molecular flexibility index (Phi) is 4.57. The van der Waals surface area contributed by atoms with Gasteiger partial charge in [-0.3, -0.25) is 10.1 Å². The maximum absolute atomic E-state index is 12.1. The van der Waals surface area contributed by atoms with Crippen LogP contribution in [0.25, 0.3) is 11.5 Å². The van der Waals surface area contributed by atoms with Gasteiger partial charge in [0.25, 0.3) is 11.6 Å². The van der Waals surface area contributed by atoms with Gasteiger partial charge in [0.05, 0.1) is 4.92 Å². The fourth-order valence-electron chi connectivity index (χ4n) is 2.05. The lowest BCUT2D eigenvalue weighted by Crippen LogP contribution is -2.08. The van der Waals surface area contributed by atoms with Crippen LogP contribution in [0.2, 0.25) is 0 Å². The van der Waals surface area contributed by atoms with E-state index in [1.807, 2.05) is 13.0 Å². The van der Waals surface area contributed by atoms with Crippen molar-refractivity contribution < 1.29 is 18.9 Å². The number of carbonyl (C=O) groups is 1. The van der Waals surface area contributed by atoms with E-state index in [0.29, 0.717) is 10.4 Å². The van der Waals surface area contributed by atoms with E-state index in [2.05, 4.69) is 10.2 Å². The Balaban J connectivity index is 1.72. The SMILES string of the molecule is Cc1ccc(C(=O)OC(C)c2nnc(-c3ccc([N+](=O)[O-])cc3)o2)s1. The predicted octanol–water partition coefficient (Wildman–Crippen LogP) is 3.93. The zero-order valence-corrected chi connectivity index (χ0v) is 14.1. The number of non-ortho nitro benzene ring substituents is 1. The molecule has 0 aliphatic rings. The summed E-state index contributed by atoms with van der Waals surface area (Å²) >= 11 is 1.34. The van der Waals surface area contributed by atoms with Crippen molar-refractivity contribution in [1.29, 1.82) is 0 Å². The maximum atomic E-state index is 12.1. The van der Waals surface area contributed by atoms with Gasteiger partial charge in [0.1, 0.15) is 4.88 Å². The first-order valence-electron chi connectivity index (χ1n) is 7.29.